The van der Waals surface area contributed by atoms with E-state index in [2.05, 4.69) is 0 Å². The number of hydrogen-bond donors (Lipinski definition) is 0. The zero-order valence-corrected chi connectivity index (χ0v) is 8.00. The van der Waals surface area contributed by atoms with Crippen LogP contribution < -0.4 is 4.74 Å². The summed E-state index contributed by atoms with van der Waals surface area (Å²) >= 11 is 0. The summed E-state index contributed by atoms with van der Waals surface area (Å²) in [6.45, 7) is 1.69. The third-order valence-corrected chi connectivity index (χ3v) is 1.81. The van der Waals surface area contributed by atoms with E-state index in [1.807, 2.05) is 0 Å². The molecule has 1 rings (SSSR count). The van der Waals surface area contributed by atoms with Crippen LogP contribution in [0.2, 0.25) is 0 Å². The molecule has 0 saturated heterocycles. The highest BCUT2D eigenvalue weighted by atomic mass is 19.1. The van der Waals surface area contributed by atoms with Crippen molar-refractivity contribution in [3.63, 3.8) is 0 Å². The number of rotatable bonds is 5. The zero-order valence-electron chi connectivity index (χ0n) is 8.00. The van der Waals surface area contributed by atoms with Crippen molar-refractivity contribution in [3.05, 3.63) is 29.8 Å². The topological polar surface area (TPSA) is 26.3 Å². The summed E-state index contributed by atoms with van der Waals surface area (Å²) in [6, 6.07) is 6.89. The third kappa shape index (κ3) is 2.83. The van der Waals surface area contributed by atoms with Crippen LogP contribution in [0.5, 0.6) is 5.75 Å². The second-order valence-electron chi connectivity index (χ2n) is 2.86. The molecule has 14 heavy (non-hydrogen) atoms. The Morgan fingerprint density at radius 3 is 2.86 bits per heavy atom. The predicted molar refractivity (Wildman–Crippen MR) is 51.7 cm³/mol. The van der Waals surface area contributed by atoms with Gasteiger partial charge in [-0.15, -0.1) is 0 Å². The van der Waals surface area contributed by atoms with Gasteiger partial charge in [-0.1, -0.05) is 25.1 Å². The van der Waals surface area contributed by atoms with E-state index in [9.17, 15) is 9.18 Å². The average molecular weight is 195 g/mol. The summed E-state index contributed by atoms with van der Waals surface area (Å²) in [4.78, 5) is 10.2. The van der Waals surface area contributed by atoms with E-state index in [1.54, 1.807) is 37.5 Å². The fourth-order valence-corrected chi connectivity index (χ4v) is 1.06. The molecule has 0 fully saturated rings. The molecule has 0 aliphatic rings. The quantitative estimate of drug-likeness (QED) is 0.721. The lowest BCUT2D eigenvalue weighted by Crippen LogP contribution is -2.09. The Morgan fingerprint density at radius 2 is 2.21 bits per heavy atom. The molecular weight excluding hydrogens is 183 g/mol. The van der Waals surface area contributed by atoms with Gasteiger partial charge in [-0.25, -0.2) is 4.39 Å². The van der Waals surface area contributed by atoms with Crippen LogP contribution in [0.15, 0.2) is 24.3 Å². The smallest absolute Gasteiger partial charge is 0.238 e. The van der Waals surface area contributed by atoms with E-state index < -0.39 is 6.36 Å². The number of alkyl halides is 1. The van der Waals surface area contributed by atoms with Crippen molar-refractivity contribution in [2.24, 2.45) is 0 Å². The Hall–Kier alpha value is -1.38. The van der Waals surface area contributed by atoms with Crippen molar-refractivity contribution in [2.45, 2.75) is 26.1 Å². The highest BCUT2D eigenvalue weighted by molar-refractivity contribution is 5.58. The molecular formula is C11H12FO2. The second kappa shape index (κ2) is 5.37. The van der Waals surface area contributed by atoms with Crippen LogP contribution in [-0.4, -0.2) is 12.6 Å². The summed E-state index contributed by atoms with van der Waals surface area (Å²) in [6.07, 6.45) is 0.869. The minimum atomic E-state index is -1.32. The molecule has 0 bridgehead atoms. The summed E-state index contributed by atoms with van der Waals surface area (Å²) in [5, 5.41) is 0. The number of halogens is 1. The Balaban J connectivity index is 2.78. The zero-order chi connectivity index (χ0) is 10.4. The first-order chi connectivity index (χ1) is 6.77. The van der Waals surface area contributed by atoms with Gasteiger partial charge in [0.1, 0.15) is 5.75 Å². The Bertz CT molecular complexity index is 299. The maximum absolute atomic E-state index is 12.9. The first-order valence-electron chi connectivity index (χ1n) is 4.51. The van der Waals surface area contributed by atoms with Crippen molar-refractivity contribution in [2.75, 3.05) is 0 Å². The van der Waals surface area contributed by atoms with E-state index in [0.29, 0.717) is 17.7 Å². The monoisotopic (exact) mass is 195 g/mol. The second-order valence-corrected chi connectivity index (χ2v) is 2.86. The van der Waals surface area contributed by atoms with E-state index in [0.717, 1.165) is 0 Å². The van der Waals surface area contributed by atoms with Crippen molar-refractivity contribution in [3.8, 4) is 5.75 Å². The van der Waals surface area contributed by atoms with Crippen LogP contribution >= 0.6 is 0 Å². The molecule has 1 atom stereocenters. The van der Waals surface area contributed by atoms with E-state index in [1.165, 1.54) is 0 Å². The SMILES string of the molecule is CCC(F)Oc1ccccc1C[C]=O. The summed E-state index contributed by atoms with van der Waals surface area (Å²) in [7, 11) is 0. The number of ether oxygens (including phenoxy) is 1. The lowest BCUT2D eigenvalue weighted by molar-refractivity contribution is 0.0633. The Kier molecular flexibility index (Phi) is 4.11. The molecule has 2 nitrogen and oxygen atoms in total. The summed E-state index contributed by atoms with van der Waals surface area (Å²) in [5.74, 6) is 0.421. The molecule has 0 aliphatic heterocycles. The predicted octanol–water partition coefficient (Wildman–Crippen LogP) is 2.42. The van der Waals surface area contributed by atoms with Gasteiger partial charge < -0.3 is 4.74 Å². The van der Waals surface area contributed by atoms with E-state index in [4.69, 9.17) is 4.74 Å². The fraction of sp³-hybridized carbons (Fsp3) is 0.364. The van der Waals surface area contributed by atoms with Gasteiger partial charge >= 0.3 is 0 Å². The van der Waals surface area contributed by atoms with E-state index >= 15 is 0 Å². The molecule has 0 N–H and O–H groups in total. The van der Waals surface area contributed by atoms with Gasteiger partial charge in [-0.2, -0.15) is 0 Å². The van der Waals surface area contributed by atoms with Gasteiger partial charge in [0.25, 0.3) is 0 Å². The molecule has 3 heteroatoms. The van der Waals surface area contributed by atoms with Crippen LogP contribution in [0, 0.1) is 0 Å². The molecule has 0 aromatic heterocycles. The molecule has 0 aliphatic carbocycles. The average Bonchev–Trinajstić information content (AvgIpc) is 2.21. The van der Waals surface area contributed by atoms with E-state index in [-0.39, 0.29) is 6.42 Å². The standard InChI is InChI=1S/C11H12FO2/c1-2-11(12)14-10-6-4-3-5-9(10)7-8-13/h3-6,11H,2,7H2,1H3. The minimum Gasteiger partial charge on any atom is -0.460 e. The first kappa shape index (κ1) is 10.7. The molecule has 0 amide bonds. The van der Waals surface area contributed by atoms with Crippen LogP contribution in [0.25, 0.3) is 0 Å². The first-order valence-corrected chi connectivity index (χ1v) is 4.51. The lowest BCUT2D eigenvalue weighted by Gasteiger charge is -2.11. The molecule has 75 valence electrons. The summed E-state index contributed by atoms with van der Waals surface area (Å²) in [5.41, 5.74) is 0.665. The highest BCUT2D eigenvalue weighted by Crippen LogP contribution is 2.20. The largest absolute Gasteiger partial charge is 0.460 e. The molecule has 0 saturated carbocycles. The van der Waals surface area contributed by atoms with Crippen LogP contribution in [0.3, 0.4) is 0 Å². The number of hydrogen-bond acceptors (Lipinski definition) is 2. The van der Waals surface area contributed by atoms with Crippen LogP contribution in [-0.2, 0) is 11.2 Å². The molecule has 1 aromatic carbocycles. The molecule has 0 spiro atoms. The van der Waals surface area contributed by atoms with Crippen LogP contribution in [0.1, 0.15) is 18.9 Å². The maximum atomic E-state index is 12.9. The maximum Gasteiger partial charge on any atom is 0.238 e. The lowest BCUT2D eigenvalue weighted by atomic mass is 10.1. The Morgan fingerprint density at radius 1 is 1.50 bits per heavy atom. The number of para-hydroxylation sites is 1. The van der Waals surface area contributed by atoms with Crippen molar-refractivity contribution in [1.82, 2.24) is 0 Å². The van der Waals surface area contributed by atoms with Gasteiger partial charge in [-0.3, -0.25) is 4.79 Å². The number of carbonyl (C=O) groups excluding carboxylic acids is 1. The minimum absolute atomic E-state index is 0.132. The van der Waals surface area contributed by atoms with Gasteiger partial charge in [0, 0.05) is 18.4 Å². The normalized spacial score (nSPS) is 12.1. The van der Waals surface area contributed by atoms with Gasteiger partial charge in [0.2, 0.25) is 12.6 Å². The fourth-order valence-electron chi connectivity index (χ4n) is 1.06. The Labute approximate surface area is 82.7 Å². The molecule has 0 heterocycles. The molecule has 1 radical (unpaired) electrons. The third-order valence-electron chi connectivity index (χ3n) is 1.81. The highest BCUT2D eigenvalue weighted by Gasteiger charge is 2.08. The molecule has 1 unspecified atom stereocenters. The number of benzene rings is 1. The van der Waals surface area contributed by atoms with Crippen molar-refractivity contribution in [1.29, 1.82) is 0 Å². The molecule has 1 aromatic rings. The van der Waals surface area contributed by atoms with Crippen molar-refractivity contribution >= 4 is 6.29 Å². The summed E-state index contributed by atoms with van der Waals surface area (Å²) < 4.78 is 17.9. The van der Waals surface area contributed by atoms with Gasteiger partial charge in [0.15, 0.2) is 0 Å². The van der Waals surface area contributed by atoms with Gasteiger partial charge in [-0.05, 0) is 6.07 Å². The van der Waals surface area contributed by atoms with Crippen LogP contribution in [0.4, 0.5) is 4.39 Å². The van der Waals surface area contributed by atoms with Gasteiger partial charge in [0.05, 0.1) is 0 Å². The van der Waals surface area contributed by atoms with Crippen molar-refractivity contribution < 1.29 is 13.9 Å².